The van der Waals surface area contributed by atoms with Crippen LogP contribution >= 0.6 is 11.6 Å². The molecule has 1 aliphatic heterocycles. The molecule has 1 unspecified atom stereocenters. The van der Waals surface area contributed by atoms with Crippen molar-refractivity contribution in [3.63, 3.8) is 0 Å². The van der Waals surface area contributed by atoms with E-state index in [9.17, 15) is 4.79 Å². The number of nitrogens with zero attached hydrogens (tertiary/aromatic N) is 2. The maximum Gasteiger partial charge on any atom is 0.318 e. The molecule has 1 saturated heterocycles. The van der Waals surface area contributed by atoms with Crippen molar-refractivity contribution in [2.24, 2.45) is 0 Å². The molecule has 4 nitrogen and oxygen atoms in total. The monoisotopic (exact) mass is 355 g/mol. The van der Waals surface area contributed by atoms with E-state index in [4.69, 9.17) is 11.6 Å². The third-order valence-electron chi connectivity index (χ3n) is 5.19. The van der Waals surface area contributed by atoms with Crippen molar-refractivity contribution < 1.29 is 4.79 Å². The molecule has 2 amide bonds. The zero-order chi connectivity index (χ0) is 17.2. The average Bonchev–Trinajstić information content (AvgIpc) is 3.05. The highest BCUT2D eigenvalue weighted by molar-refractivity contribution is 6.33. The highest BCUT2D eigenvalue weighted by Gasteiger charge is 2.27. The van der Waals surface area contributed by atoms with E-state index in [-0.39, 0.29) is 12.1 Å². The lowest BCUT2D eigenvalue weighted by Gasteiger charge is -2.37. The normalized spacial score (nSPS) is 19.6. The van der Waals surface area contributed by atoms with E-state index < -0.39 is 0 Å². The van der Waals surface area contributed by atoms with Crippen molar-refractivity contribution in [1.82, 2.24) is 10.2 Å². The van der Waals surface area contributed by atoms with Crippen LogP contribution in [0.3, 0.4) is 0 Å². The van der Waals surface area contributed by atoms with Gasteiger partial charge in [0.25, 0.3) is 0 Å². The highest BCUT2D eigenvalue weighted by Crippen LogP contribution is 2.31. The van der Waals surface area contributed by atoms with Crippen molar-refractivity contribution in [2.75, 3.05) is 31.1 Å². The number of amides is 2. The second-order valence-electron chi connectivity index (χ2n) is 6.67. The molecule has 4 rings (SSSR count). The third-order valence-corrected chi connectivity index (χ3v) is 5.51. The van der Waals surface area contributed by atoms with Gasteiger partial charge in [-0.2, -0.15) is 0 Å². The molecule has 2 aromatic carbocycles. The van der Waals surface area contributed by atoms with E-state index in [1.165, 1.54) is 11.1 Å². The number of para-hydroxylation sites is 1. The topological polar surface area (TPSA) is 35.6 Å². The van der Waals surface area contributed by atoms with Gasteiger partial charge >= 0.3 is 6.03 Å². The van der Waals surface area contributed by atoms with Crippen LogP contribution in [0.5, 0.6) is 0 Å². The van der Waals surface area contributed by atoms with Gasteiger partial charge in [0, 0.05) is 26.2 Å². The van der Waals surface area contributed by atoms with Gasteiger partial charge in [-0.05, 0) is 36.1 Å². The van der Waals surface area contributed by atoms with Crippen molar-refractivity contribution >= 4 is 23.3 Å². The molecule has 1 fully saturated rings. The van der Waals surface area contributed by atoms with E-state index in [1.807, 2.05) is 35.2 Å². The number of piperazine rings is 1. The van der Waals surface area contributed by atoms with Crippen LogP contribution in [0, 0.1) is 0 Å². The Morgan fingerprint density at radius 2 is 1.72 bits per heavy atom. The predicted molar refractivity (Wildman–Crippen MR) is 101 cm³/mol. The summed E-state index contributed by atoms with van der Waals surface area (Å²) in [5.74, 6) is 0. The van der Waals surface area contributed by atoms with Crippen LogP contribution in [-0.2, 0) is 6.42 Å². The summed E-state index contributed by atoms with van der Waals surface area (Å²) in [7, 11) is 0. The largest absolute Gasteiger partial charge is 0.367 e. The first-order chi connectivity index (χ1) is 12.2. The average molecular weight is 356 g/mol. The fraction of sp³-hybridized carbons (Fsp3) is 0.350. The zero-order valence-electron chi connectivity index (χ0n) is 14.1. The fourth-order valence-electron chi connectivity index (χ4n) is 3.81. The lowest BCUT2D eigenvalue weighted by molar-refractivity contribution is 0.190. The molecule has 0 radical (unpaired) electrons. The molecular formula is C20H22ClN3O. The lowest BCUT2D eigenvalue weighted by atomic mass is 10.1. The van der Waals surface area contributed by atoms with Gasteiger partial charge in [0.2, 0.25) is 0 Å². The quantitative estimate of drug-likeness (QED) is 0.887. The molecule has 2 aromatic rings. The maximum absolute atomic E-state index is 12.6. The summed E-state index contributed by atoms with van der Waals surface area (Å²) in [5.41, 5.74) is 3.68. The van der Waals surface area contributed by atoms with Crippen LogP contribution in [0.15, 0.2) is 48.5 Å². The van der Waals surface area contributed by atoms with Crippen LogP contribution in [0.4, 0.5) is 10.5 Å². The van der Waals surface area contributed by atoms with Crippen molar-refractivity contribution in [3.8, 4) is 0 Å². The molecule has 0 saturated carbocycles. The first-order valence-electron chi connectivity index (χ1n) is 8.85. The first kappa shape index (κ1) is 16.3. The second kappa shape index (κ2) is 6.96. The van der Waals surface area contributed by atoms with Gasteiger partial charge in [-0.3, -0.25) is 0 Å². The summed E-state index contributed by atoms with van der Waals surface area (Å²) in [4.78, 5) is 16.8. The molecule has 1 heterocycles. The molecule has 0 bridgehead atoms. The van der Waals surface area contributed by atoms with E-state index in [1.54, 1.807) is 0 Å². The lowest BCUT2D eigenvalue weighted by Crippen LogP contribution is -2.52. The molecule has 5 heteroatoms. The van der Waals surface area contributed by atoms with E-state index >= 15 is 0 Å². The predicted octanol–water partition coefficient (Wildman–Crippen LogP) is 3.86. The Bertz CT molecular complexity index is 771. The smallest absolute Gasteiger partial charge is 0.318 e. The van der Waals surface area contributed by atoms with E-state index in [0.29, 0.717) is 13.1 Å². The Kier molecular flexibility index (Phi) is 4.53. The van der Waals surface area contributed by atoms with Gasteiger partial charge in [0.1, 0.15) is 0 Å². The molecule has 1 N–H and O–H groups in total. The number of urea groups is 1. The summed E-state index contributed by atoms with van der Waals surface area (Å²) < 4.78 is 0. The molecule has 0 aromatic heterocycles. The van der Waals surface area contributed by atoms with Gasteiger partial charge in [0.15, 0.2) is 0 Å². The number of rotatable bonds is 2. The zero-order valence-corrected chi connectivity index (χ0v) is 14.9. The third kappa shape index (κ3) is 3.31. The number of carbonyl (C=O) groups excluding carboxylic acids is 1. The molecule has 130 valence electrons. The fourth-order valence-corrected chi connectivity index (χ4v) is 4.06. The van der Waals surface area contributed by atoms with Crippen LogP contribution < -0.4 is 10.2 Å². The summed E-state index contributed by atoms with van der Waals surface area (Å²) in [6, 6.07) is 16.5. The number of benzene rings is 2. The maximum atomic E-state index is 12.6. The summed E-state index contributed by atoms with van der Waals surface area (Å²) in [5, 5.41) is 3.98. The second-order valence-corrected chi connectivity index (χ2v) is 7.07. The molecule has 1 atom stereocenters. The van der Waals surface area contributed by atoms with Crippen molar-refractivity contribution in [2.45, 2.75) is 18.9 Å². The number of halogens is 1. The molecule has 0 spiro atoms. The minimum absolute atomic E-state index is 0.0421. The Hall–Kier alpha value is -2.20. The Morgan fingerprint density at radius 3 is 2.52 bits per heavy atom. The standard InChI is InChI=1S/C20H22ClN3O/c21-17-7-3-4-8-19(17)23-11-13-24(14-12-23)20(25)22-18-10-9-15-5-1-2-6-16(15)18/h1-8,18H,9-14H2,(H,22,25). The van der Waals surface area contributed by atoms with Crippen molar-refractivity contribution in [3.05, 3.63) is 64.7 Å². The molecule has 2 aliphatic rings. The van der Waals surface area contributed by atoms with Crippen LogP contribution in [-0.4, -0.2) is 37.1 Å². The van der Waals surface area contributed by atoms with Gasteiger partial charge in [-0.1, -0.05) is 48.0 Å². The van der Waals surface area contributed by atoms with E-state index in [0.717, 1.165) is 36.6 Å². The number of fused-ring (bicyclic) bond motifs is 1. The molecular weight excluding hydrogens is 334 g/mol. The van der Waals surface area contributed by atoms with E-state index in [2.05, 4.69) is 28.4 Å². The number of hydrogen-bond acceptors (Lipinski definition) is 2. The molecule has 1 aliphatic carbocycles. The minimum Gasteiger partial charge on any atom is -0.367 e. The van der Waals surface area contributed by atoms with Gasteiger partial charge in [0.05, 0.1) is 16.8 Å². The van der Waals surface area contributed by atoms with Crippen LogP contribution in [0.1, 0.15) is 23.6 Å². The summed E-state index contributed by atoms with van der Waals surface area (Å²) in [6.45, 7) is 3.04. The molecule has 25 heavy (non-hydrogen) atoms. The SMILES string of the molecule is O=C(NC1CCc2ccccc21)N1CCN(c2ccccc2Cl)CC1. The van der Waals surface area contributed by atoms with Crippen LogP contribution in [0.25, 0.3) is 0 Å². The Labute approximate surface area is 153 Å². The summed E-state index contributed by atoms with van der Waals surface area (Å²) in [6.07, 6.45) is 2.03. The minimum atomic E-state index is 0.0421. The van der Waals surface area contributed by atoms with Gasteiger partial charge < -0.3 is 15.1 Å². The number of aryl methyl sites for hydroxylation is 1. The summed E-state index contributed by atoms with van der Waals surface area (Å²) >= 11 is 6.28. The van der Waals surface area contributed by atoms with Gasteiger partial charge in [-0.25, -0.2) is 4.79 Å². The first-order valence-corrected chi connectivity index (χ1v) is 9.23. The Balaban J connectivity index is 1.35. The van der Waals surface area contributed by atoms with Crippen molar-refractivity contribution in [1.29, 1.82) is 0 Å². The number of nitrogens with one attached hydrogen (secondary N) is 1. The number of anilines is 1. The number of carbonyl (C=O) groups is 1. The Morgan fingerprint density at radius 1 is 1.00 bits per heavy atom. The number of hydrogen-bond donors (Lipinski definition) is 1. The van der Waals surface area contributed by atoms with Gasteiger partial charge in [-0.15, -0.1) is 0 Å². The van der Waals surface area contributed by atoms with Crippen LogP contribution in [0.2, 0.25) is 5.02 Å². The highest BCUT2D eigenvalue weighted by atomic mass is 35.5.